The van der Waals surface area contributed by atoms with Crippen molar-refractivity contribution in [3.8, 4) is 0 Å². The highest BCUT2D eigenvalue weighted by atomic mass is 127. The lowest BCUT2D eigenvalue weighted by molar-refractivity contribution is 0.0180. The topological polar surface area (TPSA) is 76.9 Å². The molecule has 0 amide bonds. The number of hydrogen-bond donors (Lipinski definition) is 2. The molecule has 0 radical (unpaired) electrons. The van der Waals surface area contributed by atoms with Crippen LogP contribution in [0.25, 0.3) is 0 Å². The summed E-state index contributed by atoms with van der Waals surface area (Å²) in [6, 6.07) is 8.76. The van der Waals surface area contributed by atoms with Crippen LogP contribution >= 0.6 is 24.0 Å². The summed E-state index contributed by atoms with van der Waals surface area (Å²) in [6.07, 6.45) is 0. The van der Waals surface area contributed by atoms with E-state index in [4.69, 9.17) is 16.2 Å². The number of aliphatic imine (C=N–C) groups is 1. The SMILES string of the molecule is Cc1ccc(C(CN=C(N)N)N2CCOCC2)cc1.I. The van der Waals surface area contributed by atoms with Crippen molar-refractivity contribution in [1.29, 1.82) is 0 Å². The second kappa shape index (κ2) is 8.43. The third kappa shape index (κ3) is 4.92. The Balaban J connectivity index is 0.00000200. The van der Waals surface area contributed by atoms with Gasteiger partial charge in [-0.15, -0.1) is 24.0 Å². The predicted molar refractivity (Wildman–Crippen MR) is 92.4 cm³/mol. The smallest absolute Gasteiger partial charge is 0.185 e. The van der Waals surface area contributed by atoms with Gasteiger partial charge in [0.2, 0.25) is 0 Å². The lowest BCUT2D eigenvalue weighted by Gasteiger charge is -2.34. The van der Waals surface area contributed by atoms with Crippen molar-refractivity contribution in [2.24, 2.45) is 16.5 Å². The Morgan fingerprint density at radius 3 is 2.40 bits per heavy atom. The number of guanidine groups is 1. The highest BCUT2D eigenvalue weighted by Gasteiger charge is 2.22. The zero-order chi connectivity index (χ0) is 13.7. The normalized spacial score (nSPS) is 17.1. The molecule has 1 heterocycles. The molecule has 0 spiro atoms. The van der Waals surface area contributed by atoms with E-state index in [-0.39, 0.29) is 36.0 Å². The summed E-state index contributed by atoms with van der Waals surface area (Å²) < 4.78 is 5.40. The van der Waals surface area contributed by atoms with Crippen LogP contribution in [0.1, 0.15) is 17.2 Å². The van der Waals surface area contributed by atoms with Gasteiger partial charge in [-0.2, -0.15) is 0 Å². The van der Waals surface area contributed by atoms with E-state index in [0.29, 0.717) is 6.54 Å². The molecule has 1 saturated heterocycles. The van der Waals surface area contributed by atoms with Crippen LogP contribution in [0.2, 0.25) is 0 Å². The summed E-state index contributed by atoms with van der Waals surface area (Å²) in [6.45, 7) is 6.04. The average molecular weight is 390 g/mol. The van der Waals surface area contributed by atoms with E-state index >= 15 is 0 Å². The number of aryl methyl sites for hydroxylation is 1. The molecule has 2 rings (SSSR count). The standard InChI is InChI=1S/C14H22N4O.HI/c1-11-2-4-12(5-3-11)13(10-17-14(15)16)18-6-8-19-9-7-18;/h2-5,13H,6-10H2,1H3,(H4,15,16,17);1H. The number of rotatable bonds is 4. The maximum atomic E-state index is 5.46. The van der Waals surface area contributed by atoms with Gasteiger partial charge in [-0.25, -0.2) is 0 Å². The van der Waals surface area contributed by atoms with Crippen LogP contribution in [-0.2, 0) is 4.74 Å². The molecule has 1 aliphatic rings. The van der Waals surface area contributed by atoms with Crippen molar-refractivity contribution in [2.75, 3.05) is 32.8 Å². The molecule has 1 fully saturated rings. The molecule has 0 saturated carbocycles. The number of nitrogens with zero attached hydrogens (tertiary/aromatic N) is 2. The van der Waals surface area contributed by atoms with Crippen molar-refractivity contribution in [3.63, 3.8) is 0 Å². The fraction of sp³-hybridized carbons (Fsp3) is 0.500. The van der Waals surface area contributed by atoms with Gasteiger partial charge >= 0.3 is 0 Å². The van der Waals surface area contributed by atoms with Crippen LogP contribution in [0.5, 0.6) is 0 Å². The van der Waals surface area contributed by atoms with Crippen molar-refractivity contribution < 1.29 is 4.74 Å². The largest absolute Gasteiger partial charge is 0.379 e. The minimum atomic E-state index is 0. The number of halogens is 1. The van der Waals surface area contributed by atoms with E-state index in [9.17, 15) is 0 Å². The van der Waals surface area contributed by atoms with Gasteiger partial charge in [0.15, 0.2) is 5.96 Å². The summed E-state index contributed by atoms with van der Waals surface area (Å²) in [7, 11) is 0. The molecule has 1 unspecified atom stereocenters. The summed E-state index contributed by atoms with van der Waals surface area (Å²) in [5.41, 5.74) is 13.4. The van der Waals surface area contributed by atoms with Gasteiger partial charge in [-0.05, 0) is 12.5 Å². The first kappa shape index (κ1) is 17.2. The minimum absolute atomic E-state index is 0. The first-order chi connectivity index (χ1) is 9.16. The molecule has 20 heavy (non-hydrogen) atoms. The van der Waals surface area contributed by atoms with E-state index in [0.717, 1.165) is 26.3 Å². The first-order valence-corrected chi connectivity index (χ1v) is 6.60. The summed E-state index contributed by atoms with van der Waals surface area (Å²) in [5.74, 6) is 0.144. The maximum absolute atomic E-state index is 5.46. The van der Waals surface area contributed by atoms with Gasteiger partial charge in [0.05, 0.1) is 25.8 Å². The second-order valence-corrected chi connectivity index (χ2v) is 4.84. The predicted octanol–water partition coefficient (Wildman–Crippen LogP) is 1.26. The first-order valence-electron chi connectivity index (χ1n) is 6.60. The van der Waals surface area contributed by atoms with E-state index in [1.165, 1.54) is 11.1 Å². The molecule has 0 aromatic heterocycles. The third-order valence-corrected chi connectivity index (χ3v) is 3.40. The van der Waals surface area contributed by atoms with Crippen molar-refractivity contribution in [2.45, 2.75) is 13.0 Å². The average Bonchev–Trinajstić information content (AvgIpc) is 2.42. The lowest BCUT2D eigenvalue weighted by atomic mass is 10.0. The molecule has 5 nitrogen and oxygen atoms in total. The Kier molecular flexibility index (Phi) is 7.25. The van der Waals surface area contributed by atoms with Gasteiger partial charge in [-0.1, -0.05) is 29.8 Å². The molecule has 0 bridgehead atoms. The Bertz CT molecular complexity index is 425. The molecule has 1 atom stereocenters. The van der Waals surface area contributed by atoms with Crippen molar-refractivity contribution in [1.82, 2.24) is 4.90 Å². The van der Waals surface area contributed by atoms with E-state index in [1.54, 1.807) is 0 Å². The van der Waals surface area contributed by atoms with Crippen LogP contribution in [0.15, 0.2) is 29.3 Å². The third-order valence-electron chi connectivity index (χ3n) is 3.40. The van der Waals surface area contributed by atoms with Gasteiger partial charge in [0.25, 0.3) is 0 Å². The molecule has 6 heteroatoms. The monoisotopic (exact) mass is 390 g/mol. The fourth-order valence-electron chi connectivity index (χ4n) is 2.30. The van der Waals surface area contributed by atoms with E-state index < -0.39 is 0 Å². The summed E-state index contributed by atoms with van der Waals surface area (Å²) >= 11 is 0. The van der Waals surface area contributed by atoms with Gasteiger partial charge in [0, 0.05) is 13.1 Å². The fourth-order valence-corrected chi connectivity index (χ4v) is 2.30. The molecule has 1 aliphatic heterocycles. The molecule has 1 aromatic rings. The van der Waals surface area contributed by atoms with Gasteiger partial charge < -0.3 is 16.2 Å². The summed E-state index contributed by atoms with van der Waals surface area (Å²) in [4.78, 5) is 6.56. The van der Waals surface area contributed by atoms with E-state index in [1.807, 2.05) is 0 Å². The zero-order valence-electron chi connectivity index (χ0n) is 11.8. The van der Waals surface area contributed by atoms with Crippen LogP contribution in [0.3, 0.4) is 0 Å². The van der Waals surface area contributed by atoms with E-state index in [2.05, 4.69) is 41.1 Å². The number of morpholine rings is 1. The summed E-state index contributed by atoms with van der Waals surface area (Å²) in [5, 5.41) is 0. The number of ether oxygens (including phenoxy) is 1. The maximum Gasteiger partial charge on any atom is 0.185 e. The Hall–Kier alpha value is -0.860. The van der Waals surface area contributed by atoms with Gasteiger partial charge in [-0.3, -0.25) is 9.89 Å². The Morgan fingerprint density at radius 2 is 1.85 bits per heavy atom. The number of nitrogens with two attached hydrogens (primary N) is 2. The van der Waals surface area contributed by atoms with Crippen LogP contribution in [0, 0.1) is 6.92 Å². The van der Waals surface area contributed by atoms with Crippen LogP contribution < -0.4 is 11.5 Å². The highest BCUT2D eigenvalue weighted by Crippen LogP contribution is 2.22. The highest BCUT2D eigenvalue weighted by molar-refractivity contribution is 14.0. The van der Waals surface area contributed by atoms with Gasteiger partial charge in [0.1, 0.15) is 0 Å². The molecular weight excluding hydrogens is 367 g/mol. The molecule has 112 valence electrons. The zero-order valence-corrected chi connectivity index (χ0v) is 14.1. The second-order valence-electron chi connectivity index (χ2n) is 4.84. The lowest BCUT2D eigenvalue weighted by Crippen LogP contribution is -2.40. The minimum Gasteiger partial charge on any atom is -0.379 e. The number of benzene rings is 1. The number of hydrogen-bond acceptors (Lipinski definition) is 3. The molecule has 4 N–H and O–H groups in total. The molecular formula is C14H23IN4O. The molecule has 1 aromatic carbocycles. The van der Waals surface area contributed by atoms with Crippen LogP contribution in [-0.4, -0.2) is 43.7 Å². The Morgan fingerprint density at radius 1 is 1.25 bits per heavy atom. The van der Waals surface area contributed by atoms with Crippen molar-refractivity contribution in [3.05, 3.63) is 35.4 Å². The van der Waals surface area contributed by atoms with Crippen LogP contribution in [0.4, 0.5) is 0 Å². The molecule has 0 aliphatic carbocycles. The Labute approximate surface area is 137 Å². The van der Waals surface area contributed by atoms with Crippen molar-refractivity contribution >= 4 is 29.9 Å². The quantitative estimate of drug-likeness (QED) is 0.461.